The van der Waals surface area contributed by atoms with E-state index < -0.39 is 40.5 Å². The number of nitrogens with two attached hydrogens (primary N) is 1. The van der Waals surface area contributed by atoms with Gasteiger partial charge in [0, 0.05) is 17.9 Å². The molecular formula is C19H28N4O6S. The van der Waals surface area contributed by atoms with E-state index in [2.05, 4.69) is 10.6 Å². The standard InChI is InChI=1S/C19H28N4O6S/c1-12(16(20)24)21-17(25)15(22-18(26)29-19(2,3)4)9-10-30-11-13-5-7-14(8-6-13)23(27)28/h5-8,12,15H,9-11H2,1-4H3,(H2,20,24)(H,21,25)(H,22,26)/t12-,15-/m0/s1. The topological polar surface area (TPSA) is 154 Å². The van der Waals surface area contributed by atoms with Gasteiger partial charge in [-0.25, -0.2) is 4.79 Å². The molecule has 30 heavy (non-hydrogen) atoms. The molecule has 1 rings (SSSR count). The molecule has 0 aliphatic heterocycles. The van der Waals surface area contributed by atoms with Crippen LogP contribution in [0.15, 0.2) is 24.3 Å². The van der Waals surface area contributed by atoms with Crippen molar-refractivity contribution < 1.29 is 24.0 Å². The summed E-state index contributed by atoms with van der Waals surface area (Å²) < 4.78 is 5.19. The highest BCUT2D eigenvalue weighted by Crippen LogP contribution is 2.18. The SMILES string of the molecule is C[C@H](NC(=O)[C@H](CCSCc1ccc([N+](=O)[O-])cc1)NC(=O)OC(C)(C)C)C(N)=O. The van der Waals surface area contributed by atoms with Crippen LogP contribution in [0.4, 0.5) is 10.5 Å². The zero-order valence-corrected chi connectivity index (χ0v) is 18.3. The van der Waals surface area contributed by atoms with Crippen molar-refractivity contribution in [2.45, 2.75) is 57.6 Å². The first-order valence-electron chi connectivity index (χ1n) is 9.29. The lowest BCUT2D eigenvalue weighted by Crippen LogP contribution is -2.52. The molecule has 4 N–H and O–H groups in total. The number of amides is 3. The van der Waals surface area contributed by atoms with E-state index in [0.29, 0.717) is 11.5 Å². The van der Waals surface area contributed by atoms with Crippen LogP contribution in [0.5, 0.6) is 0 Å². The average molecular weight is 441 g/mol. The molecule has 0 bridgehead atoms. The van der Waals surface area contributed by atoms with Crippen LogP contribution < -0.4 is 16.4 Å². The third-order valence-corrected chi connectivity index (χ3v) is 4.82. The van der Waals surface area contributed by atoms with Crippen LogP contribution in [0.1, 0.15) is 39.7 Å². The van der Waals surface area contributed by atoms with Crippen molar-refractivity contribution in [2.75, 3.05) is 5.75 Å². The Hall–Kier alpha value is -2.82. The number of benzene rings is 1. The second-order valence-electron chi connectivity index (χ2n) is 7.60. The third-order valence-electron chi connectivity index (χ3n) is 3.76. The number of rotatable bonds is 10. The van der Waals surface area contributed by atoms with Gasteiger partial charge in [-0.1, -0.05) is 12.1 Å². The Kier molecular flexibility index (Phi) is 9.57. The first kappa shape index (κ1) is 25.2. The number of nitro groups is 1. The van der Waals surface area contributed by atoms with Crippen molar-refractivity contribution in [3.05, 3.63) is 39.9 Å². The van der Waals surface area contributed by atoms with Gasteiger partial charge in [0.15, 0.2) is 0 Å². The van der Waals surface area contributed by atoms with Gasteiger partial charge < -0.3 is 21.1 Å². The number of primary amides is 1. The normalized spacial score (nSPS) is 13.1. The lowest BCUT2D eigenvalue weighted by molar-refractivity contribution is -0.384. The van der Waals surface area contributed by atoms with Gasteiger partial charge in [-0.2, -0.15) is 11.8 Å². The van der Waals surface area contributed by atoms with E-state index in [-0.39, 0.29) is 12.1 Å². The van der Waals surface area contributed by atoms with Gasteiger partial charge in [-0.15, -0.1) is 0 Å². The molecule has 1 aromatic rings. The molecule has 0 spiro atoms. The van der Waals surface area contributed by atoms with Crippen LogP contribution in [-0.2, 0) is 20.1 Å². The van der Waals surface area contributed by atoms with E-state index in [4.69, 9.17) is 10.5 Å². The fraction of sp³-hybridized carbons (Fsp3) is 0.526. The van der Waals surface area contributed by atoms with Gasteiger partial charge in [-0.05, 0) is 45.4 Å². The van der Waals surface area contributed by atoms with Crippen LogP contribution in [0.2, 0.25) is 0 Å². The highest BCUT2D eigenvalue weighted by molar-refractivity contribution is 7.98. The van der Waals surface area contributed by atoms with Gasteiger partial charge in [0.05, 0.1) is 4.92 Å². The number of nitrogens with zero attached hydrogens (tertiary/aromatic N) is 1. The summed E-state index contributed by atoms with van der Waals surface area (Å²) in [6.07, 6.45) is -0.455. The van der Waals surface area contributed by atoms with Crippen molar-refractivity contribution in [2.24, 2.45) is 5.73 Å². The number of non-ortho nitro benzene ring substituents is 1. The second kappa shape index (κ2) is 11.4. The number of alkyl carbamates (subject to hydrolysis) is 1. The predicted octanol–water partition coefficient (Wildman–Crippen LogP) is 2.10. The number of hydrogen-bond acceptors (Lipinski definition) is 7. The highest BCUT2D eigenvalue weighted by Gasteiger charge is 2.26. The molecule has 0 saturated heterocycles. The van der Waals surface area contributed by atoms with Crippen LogP contribution in [0.3, 0.4) is 0 Å². The summed E-state index contributed by atoms with van der Waals surface area (Å²) >= 11 is 1.50. The van der Waals surface area contributed by atoms with E-state index in [1.165, 1.54) is 30.8 Å². The number of hydrogen-bond donors (Lipinski definition) is 3. The number of ether oxygens (including phenoxy) is 1. The monoisotopic (exact) mass is 440 g/mol. The Bertz CT molecular complexity index is 763. The minimum absolute atomic E-state index is 0.0191. The third kappa shape index (κ3) is 9.59. The molecule has 166 valence electrons. The molecule has 0 aromatic heterocycles. The number of thioether (sulfide) groups is 1. The first-order valence-corrected chi connectivity index (χ1v) is 10.4. The molecular weight excluding hydrogens is 412 g/mol. The lowest BCUT2D eigenvalue weighted by atomic mass is 10.2. The molecule has 0 heterocycles. The maximum absolute atomic E-state index is 12.5. The zero-order valence-electron chi connectivity index (χ0n) is 17.5. The Balaban J connectivity index is 2.65. The van der Waals surface area contributed by atoms with Crippen molar-refractivity contribution in [1.29, 1.82) is 0 Å². The van der Waals surface area contributed by atoms with Crippen molar-refractivity contribution in [3.63, 3.8) is 0 Å². The van der Waals surface area contributed by atoms with E-state index in [1.54, 1.807) is 32.9 Å². The van der Waals surface area contributed by atoms with E-state index >= 15 is 0 Å². The van der Waals surface area contributed by atoms with E-state index in [9.17, 15) is 24.5 Å². The van der Waals surface area contributed by atoms with Crippen LogP contribution >= 0.6 is 11.8 Å². The Morgan fingerprint density at radius 3 is 2.30 bits per heavy atom. The quantitative estimate of drug-likeness (QED) is 0.286. The predicted molar refractivity (Wildman–Crippen MR) is 114 cm³/mol. The molecule has 0 aliphatic rings. The fourth-order valence-electron chi connectivity index (χ4n) is 2.21. The first-order chi connectivity index (χ1) is 13.9. The minimum Gasteiger partial charge on any atom is -0.444 e. The average Bonchev–Trinajstić information content (AvgIpc) is 2.62. The number of nitrogens with one attached hydrogen (secondary N) is 2. The van der Waals surface area contributed by atoms with Crippen molar-refractivity contribution >= 4 is 35.4 Å². The van der Waals surface area contributed by atoms with E-state index in [1.807, 2.05) is 0 Å². The molecule has 0 saturated carbocycles. The summed E-state index contributed by atoms with van der Waals surface area (Å²) in [5.41, 5.74) is 5.36. The fourth-order valence-corrected chi connectivity index (χ4v) is 3.18. The molecule has 2 atom stereocenters. The zero-order chi connectivity index (χ0) is 22.9. The van der Waals surface area contributed by atoms with Gasteiger partial charge >= 0.3 is 6.09 Å². The Morgan fingerprint density at radius 2 is 1.80 bits per heavy atom. The molecule has 10 nitrogen and oxygen atoms in total. The van der Waals surface area contributed by atoms with Crippen molar-refractivity contribution in [3.8, 4) is 0 Å². The molecule has 1 aromatic carbocycles. The summed E-state index contributed by atoms with van der Waals surface area (Å²) in [5, 5.41) is 15.7. The Labute approximate surface area is 179 Å². The van der Waals surface area contributed by atoms with Gasteiger partial charge in [0.1, 0.15) is 17.7 Å². The van der Waals surface area contributed by atoms with Crippen molar-refractivity contribution in [1.82, 2.24) is 10.6 Å². The number of carbonyl (C=O) groups is 3. The molecule has 0 fully saturated rings. The highest BCUT2D eigenvalue weighted by atomic mass is 32.2. The number of carbonyl (C=O) groups excluding carboxylic acids is 3. The molecule has 0 unspecified atom stereocenters. The van der Waals surface area contributed by atoms with Gasteiger partial charge in [0.2, 0.25) is 11.8 Å². The number of nitro benzene ring substituents is 1. The summed E-state index contributed by atoms with van der Waals surface area (Å²) in [4.78, 5) is 46.0. The second-order valence-corrected chi connectivity index (χ2v) is 8.70. The molecule has 3 amide bonds. The maximum Gasteiger partial charge on any atom is 0.408 e. The molecule has 0 radical (unpaired) electrons. The van der Waals surface area contributed by atoms with Gasteiger partial charge in [-0.3, -0.25) is 19.7 Å². The van der Waals surface area contributed by atoms with Crippen LogP contribution in [0, 0.1) is 10.1 Å². The van der Waals surface area contributed by atoms with Crippen LogP contribution in [0.25, 0.3) is 0 Å². The lowest BCUT2D eigenvalue weighted by Gasteiger charge is -2.24. The van der Waals surface area contributed by atoms with E-state index in [0.717, 1.165) is 5.56 Å². The molecule has 0 aliphatic carbocycles. The minimum atomic E-state index is -0.911. The summed E-state index contributed by atoms with van der Waals surface area (Å²) in [5.74, 6) is -0.137. The Morgan fingerprint density at radius 1 is 1.20 bits per heavy atom. The summed E-state index contributed by atoms with van der Waals surface area (Å²) in [6, 6.07) is 4.41. The maximum atomic E-state index is 12.5. The molecule has 11 heteroatoms. The summed E-state index contributed by atoms with van der Waals surface area (Å²) in [7, 11) is 0. The van der Waals surface area contributed by atoms with Crippen LogP contribution in [-0.4, -0.2) is 46.3 Å². The smallest absolute Gasteiger partial charge is 0.408 e. The van der Waals surface area contributed by atoms with Gasteiger partial charge in [0.25, 0.3) is 5.69 Å². The largest absolute Gasteiger partial charge is 0.444 e. The summed E-state index contributed by atoms with van der Waals surface area (Å²) in [6.45, 7) is 6.57.